The second-order valence-electron chi connectivity index (χ2n) is 6.79. The van der Waals surface area contributed by atoms with E-state index in [1.165, 1.54) is 11.1 Å². The summed E-state index contributed by atoms with van der Waals surface area (Å²) in [7, 11) is 0. The standard InChI is InChI=1S/C21H21N5O/c1-16-6-8-17(9-7-16)13-25-10-11-27-21(25)20-15-26(24-23-20)14-19-5-3-2-4-18(19)12-22/h2-9,15,21H,10-11,13-14H2,1H3. The lowest BCUT2D eigenvalue weighted by molar-refractivity contribution is 0.0252. The van der Waals surface area contributed by atoms with Gasteiger partial charge in [0.2, 0.25) is 0 Å². The Morgan fingerprint density at radius 3 is 2.78 bits per heavy atom. The molecule has 0 N–H and O–H groups in total. The van der Waals surface area contributed by atoms with E-state index in [4.69, 9.17) is 4.74 Å². The zero-order valence-electron chi connectivity index (χ0n) is 15.2. The van der Waals surface area contributed by atoms with Crippen LogP contribution in [0.4, 0.5) is 0 Å². The van der Waals surface area contributed by atoms with Gasteiger partial charge in [-0.3, -0.25) is 4.90 Å². The molecule has 0 spiro atoms. The Kier molecular flexibility index (Phi) is 4.97. The first kappa shape index (κ1) is 17.4. The van der Waals surface area contributed by atoms with Gasteiger partial charge in [0.15, 0.2) is 6.23 Å². The van der Waals surface area contributed by atoms with Crippen molar-refractivity contribution in [2.75, 3.05) is 13.2 Å². The van der Waals surface area contributed by atoms with Crippen LogP contribution in [0, 0.1) is 18.3 Å². The second-order valence-corrected chi connectivity index (χ2v) is 6.79. The zero-order chi connectivity index (χ0) is 18.6. The molecule has 1 aromatic heterocycles. The van der Waals surface area contributed by atoms with Gasteiger partial charge in [-0.25, -0.2) is 4.68 Å². The van der Waals surface area contributed by atoms with Crippen LogP contribution in [0.3, 0.4) is 0 Å². The number of hydrogen-bond acceptors (Lipinski definition) is 5. The Labute approximate surface area is 158 Å². The van der Waals surface area contributed by atoms with Gasteiger partial charge in [0.1, 0.15) is 5.69 Å². The molecule has 27 heavy (non-hydrogen) atoms. The maximum Gasteiger partial charge on any atom is 0.157 e. The van der Waals surface area contributed by atoms with Crippen LogP contribution >= 0.6 is 0 Å². The van der Waals surface area contributed by atoms with E-state index in [0.717, 1.165) is 24.3 Å². The zero-order valence-corrected chi connectivity index (χ0v) is 15.2. The fourth-order valence-corrected chi connectivity index (χ4v) is 3.31. The third-order valence-electron chi connectivity index (χ3n) is 4.77. The smallest absolute Gasteiger partial charge is 0.157 e. The molecule has 1 aliphatic heterocycles. The van der Waals surface area contributed by atoms with E-state index in [1.54, 1.807) is 4.68 Å². The van der Waals surface area contributed by atoms with Crippen molar-refractivity contribution in [3.05, 3.63) is 82.7 Å². The predicted molar refractivity (Wildman–Crippen MR) is 101 cm³/mol. The minimum atomic E-state index is -0.189. The van der Waals surface area contributed by atoms with Crippen LogP contribution in [0.5, 0.6) is 0 Å². The van der Waals surface area contributed by atoms with Crippen LogP contribution in [0.1, 0.15) is 34.2 Å². The molecule has 1 atom stereocenters. The summed E-state index contributed by atoms with van der Waals surface area (Å²) in [5.74, 6) is 0. The summed E-state index contributed by atoms with van der Waals surface area (Å²) >= 11 is 0. The summed E-state index contributed by atoms with van der Waals surface area (Å²) in [5.41, 5.74) is 4.90. The lowest BCUT2D eigenvalue weighted by atomic mass is 10.1. The summed E-state index contributed by atoms with van der Waals surface area (Å²) in [5, 5.41) is 17.8. The van der Waals surface area contributed by atoms with Crippen LogP contribution in [0.2, 0.25) is 0 Å². The maximum absolute atomic E-state index is 9.24. The van der Waals surface area contributed by atoms with Gasteiger partial charge in [0, 0.05) is 13.1 Å². The van der Waals surface area contributed by atoms with Crippen LogP contribution in [0.25, 0.3) is 0 Å². The number of aryl methyl sites for hydroxylation is 1. The van der Waals surface area contributed by atoms with Crippen molar-refractivity contribution in [3.8, 4) is 6.07 Å². The van der Waals surface area contributed by atoms with Gasteiger partial charge in [-0.05, 0) is 24.1 Å². The summed E-state index contributed by atoms with van der Waals surface area (Å²) in [6.45, 7) is 4.97. The van der Waals surface area contributed by atoms with Crippen LogP contribution in [-0.4, -0.2) is 33.0 Å². The van der Waals surface area contributed by atoms with E-state index in [9.17, 15) is 5.26 Å². The Morgan fingerprint density at radius 1 is 1.15 bits per heavy atom. The van der Waals surface area contributed by atoms with Gasteiger partial charge in [-0.2, -0.15) is 5.26 Å². The van der Waals surface area contributed by atoms with Gasteiger partial charge in [-0.1, -0.05) is 53.2 Å². The van der Waals surface area contributed by atoms with Crippen molar-refractivity contribution in [3.63, 3.8) is 0 Å². The van der Waals surface area contributed by atoms with E-state index in [2.05, 4.69) is 52.5 Å². The number of hydrogen-bond donors (Lipinski definition) is 0. The monoisotopic (exact) mass is 359 g/mol. The highest BCUT2D eigenvalue weighted by Crippen LogP contribution is 2.27. The van der Waals surface area contributed by atoms with E-state index in [1.807, 2.05) is 30.5 Å². The van der Waals surface area contributed by atoms with Crippen molar-refractivity contribution in [2.45, 2.75) is 26.2 Å². The molecule has 2 aromatic carbocycles. The SMILES string of the molecule is Cc1ccc(CN2CCOC2c2cn(Cc3ccccc3C#N)nn2)cc1. The molecule has 6 heteroatoms. The first-order valence-corrected chi connectivity index (χ1v) is 9.02. The Hall–Kier alpha value is -3.01. The maximum atomic E-state index is 9.24. The van der Waals surface area contributed by atoms with Gasteiger partial charge in [0.25, 0.3) is 0 Å². The van der Waals surface area contributed by atoms with Gasteiger partial charge < -0.3 is 4.74 Å². The van der Waals surface area contributed by atoms with Crippen molar-refractivity contribution < 1.29 is 4.74 Å². The third-order valence-corrected chi connectivity index (χ3v) is 4.77. The second kappa shape index (κ2) is 7.70. The molecule has 0 saturated carbocycles. The van der Waals surface area contributed by atoms with E-state index in [-0.39, 0.29) is 6.23 Å². The van der Waals surface area contributed by atoms with Gasteiger partial charge >= 0.3 is 0 Å². The number of nitrogens with zero attached hydrogens (tertiary/aromatic N) is 5. The number of nitriles is 1. The molecular formula is C21H21N5O. The highest BCUT2D eigenvalue weighted by Gasteiger charge is 2.29. The van der Waals surface area contributed by atoms with Gasteiger partial charge in [-0.15, -0.1) is 5.10 Å². The minimum Gasteiger partial charge on any atom is -0.356 e. The molecule has 1 unspecified atom stereocenters. The molecule has 3 aromatic rings. The quantitative estimate of drug-likeness (QED) is 0.700. The van der Waals surface area contributed by atoms with Crippen molar-refractivity contribution in [1.82, 2.24) is 19.9 Å². The molecule has 0 radical (unpaired) electrons. The van der Waals surface area contributed by atoms with Crippen molar-refractivity contribution >= 4 is 0 Å². The molecule has 0 amide bonds. The average molecular weight is 359 g/mol. The number of ether oxygens (including phenoxy) is 1. The first-order chi connectivity index (χ1) is 13.2. The Morgan fingerprint density at radius 2 is 1.96 bits per heavy atom. The summed E-state index contributed by atoms with van der Waals surface area (Å²) in [6.07, 6.45) is 1.72. The topological polar surface area (TPSA) is 67.0 Å². The third kappa shape index (κ3) is 3.90. The molecule has 1 fully saturated rings. The summed E-state index contributed by atoms with van der Waals surface area (Å²) < 4.78 is 7.67. The van der Waals surface area contributed by atoms with Crippen molar-refractivity contribution in [2.24, 2.45) is 0 Å². The molecule has 4 rings (SSSR count). The highest BCUT2D eigenvalue weighted by atomic mass is 16.5. The summed E-state index contributed by atoms with van der Waals surface area (Å²) in [4.78, 5) is 2.27. The first-order valence-electron chi connectivity index (χ1n) is 9.02. The predicted octanol–water partition coefficient (Wildman–Crippen LogP) is 3.04. The fourth-order valence-electron chi connectivity index (χ4n) is 3.31. The number of benzene rings is 2. The van der Waals surface area contributed by atoms with Gasteiger partial charge in [0.05, 0.1) is 31.0 Å². The Bertz CT molecular complexity index is 957. The van der Waals surface area contributed by atoms with E-state index >= 15 is 0 Å². The lowest BCUT2D eigenvalue weighted by Crippen LogP contribution is -2.23. The molecule has 136 valence electrons. The minimum absolute atomic E-state index is 0.189. The number of rotatable bonds is 5. The fraction of sp³-hybridized carbons (Fsp3) is 0.286. The average Bonchev–Trinajstić information content (AvgIpc) is 3.33. The van der Waals surface area contributed by atoms with Crippen LogP contribution < -0.4 is 0 Å². The molecule has 1 aliphatic rings. The molecule has 6 nitrogen and oxygen atoms in total. The van der Waals surface area contributed by atoms with E-state index in [0.29, 0.717) is 18.7 Å². The van der Waals surface area contributed by atoms with Crippen LogP contribution in [0.15, 0.2) is 54.7 Å². The summed E-state index contributed by atoms with van der Waals surface area (Å²) in [6, 6.07) is 18.3. The molecule has 2 heterocycles. The highest BCUT2D eigenvalue weighted by molar-refractivity contribution is 5.37. The molecular weight excluding hydrogens is 338 g/mol. The van der Waals surface area contributed by atoms with E-state index < -0.39 is 0 Å². The lowest BCUT2D eigenvalue weighted by Gasteiger charge is -2.21. The van der Waals surface area contributed by atoms with Crippen molar-refractivity contribution in [1.29, 1.82) is 5.26 Å². The van der Waals surface area contributed by atoms with Crippen LogP contribution in [-0.2, 0) is 17.8 Å². The Balaban J connectivity index is 1.48. The molecule has 1 saturated heterocycles. The number of aromatic nitrogens is 3. The molecule has 0 aliphatic carbocycles. The molecule has 0 bridgehead atoms. The normalized spacial score (nSPS) is 17.1. The largest absolute Gasteiger partial charge is 0.356 e.